The maximum Gasteiger partial charge on any atom is 0.573 e. The predicted molar refractivity (Wildman–Crippen MR) is 90.7 cm³/mol. The third kappa shape index (κ3) is 5.07. The fourth-order valence-electron chi connectivity index (χ4n) is 2.54. The van der Waals surface area contributed by atoms with Gasteiger partial charge in [0.2, 0.25) is 0 Å². The lowest BCUT2D eigenvalue weighted by Crippen LogP contribution is -2.24. The van der Waals surface area contributed by atoms with E-state index in [9.17, 15) is 31.1 Å². The van der Waals surface area contributed by atoms with Crippen LogP contribution in [0, 0.1) is 0 Å². The van der Waals surface area contributed by atoms with Crippen LogP contribution in [0.25, 0.3) is 5.69 Å². The summed E-state index contributed by atoms with van der Waals surface area (Å²) in [5.74, 6) is -1.33. The molecule has 0 aliphatic carbocycles. The number of hydrogen-bond donors (Lipinski definition) is 1. The van der Waals surface area contributed by atoms with Crippen LogP contribution in [0.2, 0.25) is 0 Å². The van der Waals surface area contributed by atoms with Crippen LogP contribution in [0.3, 0.4) is 0 Å². The first-order valence-corrected chi connectivity index (χ1v) is 8.25. The average Bonchev–Trinajstić information content (AvgIpc) is 3.15. The zero-order valence-electron chi connectivity index (χ0n) is 14.8. The molecular formula is C18H12F6N4O2. The normalized spacial score (nSPS) is 11.9. The molecule has 1 N–H and O–H groups in total. The smallest absolute Gasteiger partial charge is 0.405 e. The van der Waals surface area contributed by atoms with Crippen molar-refractivity contribution in [1.29, 1.82) is 0 Å². The topological polar surface area (TPSA) is 69.0 Å². The molecule has 0 saturated heterocycles. The van der Waals surface area contributed by atoms with E-state index >= 15 is 0 Å². The molecule has 0 fully saturated rings. The number of rotatable bonds is 5. The first-order valence-electron chi connectivity index (χ1n) is 8.25. The summed E-state index contributed by atoms with van der Waals surface area (Å²) < 4.78 is 81.4. The Hall–Kier alpha value is -3.57. The van der Waals surface area contributed by atoms with Crippen LogP contribution in [0.4, 0.5) is 26.3 Å². The van der Waals surface area contributed by atoms with Gasteiger partial charge in [0.15, 0.2) is 5.69 Å². The molecule has 0 radical (unpaired) electrons. The van der Waals surface area contributed by atoms with Crippen LogP contribution in [-0.2, 0) is 12.7 Å². The SMILES string of the molecule is O=C(NCc1ccccc1OC(F)(F)F)c1cn(-c2ccccc2C(F)(F)F)nn1. The number of halogens is 6. The Balaban J connectivity index is 1.75. The van der Waals surface area contributed by atoms with Gasteiger partial charge < -0.3 is 10.1 Å². The second-order valence-corrected chi connectivity index (χ2v) is 5.90. The highest BCUT2D eigenvalue weighted by Gasteiger charge is 2.34. The average molecular weight is 430 g/mol. The third-order valence-electron chi connectivity index (χ3n) is 3.82. The summed E-state index contributed by atoms with van der Waals surface area (Å²) in [5.41, 5.74) is -1.58. The van der Waals surface area contributed by atoms with E-state index in [1.54, 1.807) is 0 Å². The number of amides is 1. The summed E-state index contributed by atoms with van der Waals surface area (Å²) in [6, 6.07) is 9.77. The molecule has 2 aromatic carbocycles. The molecule has 0 atom stereocenters. The molecule has 3 rings (SSSR count). The maximum absolute atomic E-state index is 13.1. The van der Waals surface area contributed by atoms with Crippen molar-refractivity contribution in [2.45, 2.75) is 19.1 Å². The first-order chi connectivity index (χ1) is 14.0. The largest absolute Gasteiger partial charge is 0.573 e. The lowest BCUT2D eigenvalue weighted by Gasteiger charge is -2.13. The van der Waals surface area contributed by atoms with Gasteiger partial charge >= 0.3 is 12.5 Å². The molecule has 6 nitrogen and oxygen atoms in total. The highest BCUT2D eigenvalue weighted by Crippen LogP contribution is 2.33. The fraction of sp³-hybridized carbons (Fsp3) is 0.167. The highest BCUT2D eigenvalue weighted by molar-refractivity contribution is 5.91. The number of aromatic nitrogens is 3. The Morgan fingerprint density at radius 3 is 2.37 bits per heavy atom. The maximum atomic E-state index is 13.1. The van der Waals surface area contributed by atoms with Crippen molar-refractivity contribution < 1.29 is 35.9 Å². The molecule has 0 aliphatic rings. The number of alkyl halides is 6. The van der Waals surface area contributed by atoms with Crippen molar-refractivity contribution in [2.75, 3.05) is 0 Å². The summed E-state index contributed by atoms with van der Waals surface area (Å²) in [7, 11) is 0. The standard InChI is InChI=1S/C18H12F6N4O2/c19-17(20,21)12-6-2-3-7-14(12)28-10-13(26-27-28)16(29)25-9-11-5-1-4-8-15(11)30-18(22,23)24/h1-8,10H,9H2,(H,25,29). The van der Waals surface area contributed by atoms with Crippen LogP contribution < -0.4 is 10.1 Å². The number of carbonyl (C=O) groups is 1. The molecule has 12 heteroatoms. The van der Waals surface area contributed by atoms with Crippen molar-refractivity contribution in [3.05, 3.63) is 71.5 Å². The van der Waals surface area contributed by atoms with Crippen LogP contribution >= 0.6 is 0 Å². The second-order valence-electron chi connectivity index (χ2n) is 5.90. The van der Waals surface area contributed by atoms with Gasteiger partial charge in [-0.1, -0.05) is 35.5 Å². The van der Waals surface area contributed by atoms with E-state index in [4.69, 9.17) is 0 Å². The number of benzene rings is 2. The van der Waals surface area contributed by atoms with E-state index in [1.165, 1.54) is 30.3 Å². The summed E-state index contributed by atoms with van der Waals surface area (Å²) >= 11 is 0. The van der Waals surface area contributed by atoms with E-state index in [-0.39, 0.29) is 23.5 Å². The van der Waals surface area contributed by atoms with Gasteiger partial charge in [0.1, 0.15) is 5.75 Å². The number of nitrogens with zero attached hydrogens (tertiary/aromatic N) is 3. The van der Waals surface area contributed by atoms with Gasteiger partial charge in [-0.3, -0.25) is 4.79 Å². The summed E-state index contributed by atoms with van der Waals surface area (Å²) in [4.78, 5) is 12.2. The lowest BCUT2D eigenvalue weighted by molar-refractivity contribution is -0.274. The molecule has 0 saturated carbocycles. The van der Waals surface area contributed by atoms with Crippen molar-refractivity contribution in [3.63, 3.8) is 0 Å². The predicted octanol–water partition coefficient (Wildman–Crippen LogP) is 4.11. The summed E-state index contributed by atoms with van der Waals surface area (Å²) in [5, 5.41) is 9.39. The number of nitrogens with one attached hydrogen (secondary N) is 1. The van der Waals surface area contributed by atoms with E-state index in [0.717, 1.165) is 29.1 Å². The van der Waals surface area contributed by atoms with E-state index < -0.39 is 29.8 Å². The van der Waals surface area contributed by atoms with Crippen LogP contribution in [0.15, 0.2) is 54.7 Å². The van der Waals surface area contributed by atoms with E-state index in [2.05, 4.69) is 20.4 Å². The molecular weight excluding hydrogens is 418 g/mol. The molecule has 0 spiro atoms. The molecule has 3 aromatic rings. The van der Waals surface area contributed by atoms with Gasteiger partial charge in [-0.2, -0.15) is 13.2 Å². The lowest BCUT2D eigenvalue weighted by atomic mass is 10.1. The van der Waals surface area contributed by atoms with Crippen molar-refractivity contribution in [2.24, 2.45) is 0 Å². The number of hydrogen-bond acceptors (Lipinski definition) is 4. The Kier molecular flexibility index (Phi) is 5.67. The Labute approximate surface area is 165 Å². The minimum Gasteiger partial charge on any atom is -0.405 e. The van der Waals surface area contributed by atoms with E-state index in [1.807, 2.05) is 0 Å². The monoisotopic (exact) mass is 430 g/mol. The zero-order valence-corrected chi connectivity index (χ0v) is 14.8. The van der Waals surface area contributed by atoms with Crippen molar-refractivity contribution >= 4 is 5.91 Å². The molecule has 0 aliphatic heterocycles. The van der Waals surface area contributed by atoms with Crippen molar-refractivity contribution in [1.82, 2.24) is 20.3 Å². The number of ether oxygens (including phenoxy) is 1. The number of carbonyl (C=O) groups excluding carboxylic acids is 1. The number of para-hydroxylation sites is 2. The molecule has 1 heterocycles. The van der Waals surface area contributed by atoms with Gasteiger partial charge in [-0.15, -0.1) is 18.3 Å². The first kappa shape index (κ1) is 21.1. The fourth-order valence-corrected chi connectivity index (χ4v) is 2.54. The quantitative estimate of drug-likeness (QED) is 0.619. The van der Waals surface area contributed by atoms with Gasteiger partial charge in [-0.05, 0) is 18.2 Å². The van der Waals surface area contributed by atoms with Crippen LogP contribution in [0.5, 0.6) is 5.75 Å². The summed E-state index contributed by atoms with van der Waals surface area (Å²) in [6.45, 7) is -0.336. The Bertz CT molecular complexity index is 1050. The van der Waals surface area contributed by atoms with Gasteiger partial charge in [-0.25, -0.2) is 4.68 Å². The molecule has 1 aromatic heterocycles. The Morgan fingerprint density at radius 2 is 1.67 bits per heavy atom. The minimum absolute atomic E-state index is 0.0398. The molecule has 0 bridgehead atoms. The Morgan fingerprint density at radius 1 is 1.00 bits per heavy atom. The molecule has 1 amide bonds. The second kappa shape index (κ2) is 8.05. The third-order valence-corrected chi connectivity index (χ3v) is 3.82. The molecule has 158 valence electrons. The minimum atomic E-state index is -4.91. The van der Waals surface area contributed by atoms with Crippen LogP contribution in [-0.4, -0.2) is 27.3 Å². The van der Waals surface area contributed by atoms with Gasteiger partial charge in [0.05, 0.1) is 17.4 Å². The zero-order chi connectivity index (χ0) is 21.9. The molecule has 30 heavy (non-hydrogen) atoms. The van der Waals surface area contributed by atoms with Gasteiger partial charge in [0, 0.05) is 12.1 Å². The van der Waals surface area contributed by atoms with E-state index in [0.29, 0.717) is 0 Å². The highest BCUT2D eigenvalue weighted by atomic mass is 19.4. The van der Waals surface area contributed by atoms with Crippen LogP contribution in [0.1, 0.15) is 21.6 Å². The molecule has 0 unspecified atom stereocenters. The summed E-state index contributed by atoms with van der Waals surface area (Å²) in [6.07, 6.45) is -8.57. The van der Waals surface area contributed by atoms with Gasteiger partial charge in [0.25, 0.3) is 5.91 Å². The van der Waals surface area contributed by atoms with Crippen molar-refractivity contribution in [3.8, 4) is 11.4 Å².